The maximum absolute atomic E-state index is 5.77. The van der Waals surface area contributed by atoms with Crippen molar-refractivity contribution in [2.75, 3.05) is 0 Å². The average molecular weight is 355 g/mol. The van der Waals surface area contributed by atoms with Gasteiger partial charge in [-0.15, -0.1) is 0 Å². The first kappa shape index (κ1) is 16.6. The molecule has 2 aromatic rings. The van der Waals surface area contributed by atoms with Gasteiger partial charge in [0.2, 0.25) is 0 Å². The van der Waals surface area contributed by atoms with Crippen LogP contribution >= 0.6 is 12.2 Å². The zero-order valence-corrected chi connectivity index (χ0v) is 15.7. The van der Waals surface area contributed by atoms with Gasteiger partial charge in [-0.05, 0) is 62.7 Å². The Balaban J connectivity index is 1.74. The van der Waals surface area contributed by atoms with Crippen LogP contribution < -0.4 is 5.32 Å². The van der Waals surface area contributed by atoms with Crippen LogP contribution in [0.25, 0.3) is 0 Å². The second kappa shape index (κ2) is 6.79. The summed E-state index contributed by atoms with van der Waals surface area (Å²) in [7, 11) is 0. The van der Waals surface area contributed by atoms with Gasteiger partial charge in [0, 0.05) is 30.7 Å². The highest BCUT2D eigenvalue weighted by Gasteiger charge is 2.43. The molecule has 4 nitrogen and oxygen atoms in total. The Morgan fingerprint density at radius 3 is 2.64 bits per heavy atom. The molecule has 2 aromatic heterocycles. The first-order chi connectivity index (χ1) is 12.1. The Kier molecular flexibility index (Phi) is 4.50. The van der Waals surface area contributed by atoms with Crippen LogP contribution in [0.2, 0.25) is 0 Å². The van der Waals surface area contributed by atoms with Gasteiger partial charge >= 0.3 is 0 Å². The van der Waals surface area contributed by atoms with E-state index in [4.69, 9.17) is 12.2 Å². The lowest BCUT2D eigenvalue weighted by Gasteiger charge is -2.32. The molecule has 4 rings (SSSR count). The van der Waals surface area contributed by atoms with Gasteiger partial charge in [-0.25, -0.2) is 0 Å². The van der Waals surface area contributed by atoms with Crippen LogP contribution in [0.15, 0.2) is 42.9 Å². The molecule has 0 spiro atoms. The molecule has 2 aliphatic rings. The number of aromatic nitrogens is 2. The molecule has 1 saturated carbocycles. The monoisotopic (exact) mass is 354 g/mol. The number of rotatable bonds is 4. The molecule has 2 atom stereocenters. The standard InChI is InChI=1S/C20H26N4S/c1-14(2)23-12-10-15(13-23)19-18(17-9-5-6-11-21-17)22-20(25)24(19)16-7-3-4-8-16/h5-6,9-14,16,18-19H,3-4,7-8H2,1-2H3,(H,22,25)/t18-,19-/m0/s1. The largest absolute Gasteiger partial charge is 0.352 e. The van der Waals surface area contributed by atoms with Crippen LogP contribution in [0.3, 0.4) is 0 Å². The molecule has 5 heteroatoms. The quantitative estimate of drug-likeness (QED) is 0.826. The van der Waals surface area contributed by atoms with Crippen molar-refractivity contribution >= 4 is 17.3 Å². The first-order valence-corrected chi connectivity index (χ1v) is 9.73. The number of thiocarbonyl (C=S) groups is 1. The van der Waals surface area contributed by atoms with Gasteiger partial charge < -0.3 is 14.8 Å². The zero-order valence-electron chi connectivity index (χ0n) is 14.9. The normalized spacial score (nSPS) is 24.3. The van der Waals surface area contributed by atoms with E-state index in [1.54, 1.807) is 0 Å². The van der Waals surface area contributed by atoms with Crippen LogP contribution in [0.5, 0.6) is 0 Å². The Morgan fingerprint density at radius 2 is 2.00 bits per heavy atom. The highest BCUT2D eigenvalue weighted by atomic mass is 32.1. The summed E-state index contributed by atoms with van der Waals surface area (Å²) in [5.41, 5.74) is 2.39. The van der Waals surface area contributed by atoms with Crippen LogP contribution in [0, 0.1) is 0 Å². The van der Waals surface area contributed by atoms with E-state index in [1.165, 1.54) is 31.2 Å². The molecule has 0 amide bonds. The minimum absolute atomic E-state index is 0.109. The Hall–Kier alpha value is -1.88. The molecule has 3 heterocycles. The molecule has 0 aromatic carbocycles. The van der Waals surface area contributed by atoms with Crippen molar-refractivity contribution in [2.24, 2.45) is 0 Å². The van der Waals surface area contributed by atoms with Crippen LogP contribution in [-0.2, 0) is 0 Å². The summed E-state index contributed by atoms with van der Waals surface area (Å²) >= 11 is 5.77. The smallest absolute Gasteiger partial charge is 0.170 e. The summed E-state index contributed by atoms with van der Waals surface area (Å²) in [6.45, 7) is 4.43. The molecule has 2 fully saturated rings. The summed E-state index contributed by atoms with van der Waals surface area (Å²) in [6, 6.07) is 9.70. The Labute approximate surface area is 155 Å². The summed E-state index contributed by atoms with van der Waals surface area (Å²) in [4.78, 5) is 7.08. The van der Waals surface area contributed by atoms with Crippen LogP contribution in [-0.4, -0.2) is 25.6 Å². The Bertz CT molecular complexity index is 733. The van der Waals surface area contributed by atoms with Gasteiger partial charge in [0.25, 0.3) is 0 Å². The molecule has 1 N–H and O–H groups in total. The SMILES string of the molecule is CC(C)n1ccc([C@H]2[C@H](c3ccccn3)NC(=S)N2C2CCCC2)c1. The Morgan fingerprint density at radius 1 is 1.20 bits per heavy atom. The van der Waals surface area contributed by atoms with Crippen molar-refractivity contribution in [3.63, 3.8) is 0 Å². The fraction of sp³-hybridized carbons (Fsp3) is 0.500. The third-order valence-electron chi connectivity index (χ3n) is 5.53. The molecule has 0 bridgehead atoms. The minimum atomic E-state index is 0.109. The van der Waals surface area contributed by atoms with E-state index in [0.717, 1.165) is 10.8 Å². The van der Waals surface area contributed by atoms with E-state index in [2.05, 4.69) is 64.2 Å². The molecule has 1 aliphatic heterocycles. The lowest BCUT2D eigenvalue weighted by molar-refractivity contribution is 0.245. The lowest BCUT2D eigenvalue weighted by atomic mass is 9.97. The fourth-order valence-electron chi connectivity index (χ4n) is 4.22. The molecule has 0 radical (unpaired) electrons. The van der Waals surface area contributed by atoms with Crippen molar-refractivity contribution in [1.82, 2.24) is 19.8 Å². The molecular weight excluding hydrogens is 328 g/mol. The summed E-state index contributed by atoms with van der Waals surface area (Å²) in [5.74, 6) is 0. The third-order valence-corrected chi connectivity index (χ3v) is 5.86. The van der Waals surface area contributed by atoms with Gasteiger partial charge in [-0.1, -0.05) is 18.9 Å². The third kappa shape index (κ3) is 3.06. The average Bonchev–Trinajstić information content (AvgIpc) is 3.34. The van der Waals surface area contributed by atoms with E-state index < -0.39 is 0 Å². The second-order valence-electron chi connectivity index (χ2n) is 7.46. The van der Waals surface area contributed by atoms with Gasteiger partial charge in [-0.3, -0.25) is 4.98 Å². The van der Waals surface area contributed by atoms with Gasteiger partial charge in [0.15, 0.2) is 5.11 Å². The van der Waals surface area contributed by atoms with E-state index in [1.807, 2.05) is 12.3 Å². The van der Waals surface area contributed by atoms with Gasteiger partial charge in [-0.2, -0.15) is 0 Å². The van der Waals surface area contributed by atoms with E-state index >= 15 is 0 Å². The number of hydrogen-bond acceptors (Lipinski definition) is 2. The molecule has 25 heavy (non-hydrogen) atoms. The number of pyridine rings is 1. The predicted molar refractivity (Wildman–Crippen MR) is 104 cm³/mol. The first-order valence-electron chi connectivity index (χ1n) is 9.32. The van der Waals surface area contributed by atoms with Gasteiger partial charge in [0.05, 0.1) is 17.8 Å². The lowest BCUT2D eigenvalue weighted by Crippen LogP contribution is -2.37. The number of nitrogens with zero attached hydrogens (tertiary/aromatic N) is 3. The van der Waals surface area contributed by atoms with E-state index in [-0.39, 0.29) is 12.1 Å². The van der Waals surface area contributed by atoms with Gasteiger partial charge in [0.1, 0.15) is 0 Å². The zero-order chi connectivity index (χ0) is 17.4. The highest BCUT2D eigenvalue weighted by Crippen LogP contribution is 2.42. The number of hydrogen-bond donors (Lipinski definition) is 1. The van der Waals surface area contributed by atoms with Crippen molar-refractivity contribution in [2.45, 2.75) is 63.7 Å². The van der Waals surface area contributed by atoms with Crippen molar-refractivity contribution in [3.8, 4) is 0 Å². The predicted octanol–water partition coefficient (Wildman–Crippen LogP) is 4.38. The van der Waals surface area contributed by atoms with Crippen LogP contribution in [0.1, 0.15) is 68.9 Å². The van der Waals surface area contributed by atoms with Crippen molar-refractivity contribution < 1.29 is 0 Å². The maximum Gasteiger partial charge on any atom is 0.170 e. The summed E-state index contributed by atoms with van der Waals surface area (Å²) < 4.78 is 2.28. The number of nitrogens with one attached hydrogen (secondary N) is 1. The van der Waals surface area contributed by atoms with Crippen molar-refractivity contribution in [1.29, 1.82) is 0 Å². The highest BCUT2D eigenvalue weighted by molar-refractivity contribution is 7.80. The van der Waals surface area contributed by atoms with E-state index in [0.29, 0.717) is 12.1 Å². The fourth-order valence-corrected chi connectivity index (χ4v) is 4.61. The molecule has 132 valence electrons. The van der Waals surface area contributed by atoms with Crippen LogP contribution in [0.4, 0.5) is 0 Å². The molecule has 0 unspecified atom stereocenters. The van der Waals surface area contributed by atoms with Crippen molar-refractivity contribution in [3.05, 3.63) is 54.1 Å². The molecular formula is C20H26N4S. The summed E-state index contributed by atoms with van der Waals surface area (Å²) in [6.07, 6.45) is 11.4. The molecule has 1 saturated heterocycles. The summed E-state index contributed by atoms with van der Waals surface area (Å²) in [5, 5.41) is 4.45. The van der Waals surface area contributed by atoms with E-state index in [9.17, 15) is 0 Å². The second-order valence-corrected chi connectivity index (χ2v) is 7.84. The molecule has 1 aliphatic carbocycles. The maximum atomic E-state index is 5.77. The minimum Gasteiger partial charge on any atom is -0.352 e. The topological polar surface area (TPSA) is 33.1 Å².